The van der Waals surface area contributed by atoms with E-state index in [0.29, 0.717) is 34.3 Å². The molecule has 8 nitrogen and oxygen atoms in total. The first-order chi connectivity index (χ1) is 16.4. The summed E-state index contributed by atoms with van der Waals surface area (Å²) in [7, 11) is 0. The molecule has 4 aromatic rings. The summed E-state index contributed by atoms with van der Waals surface area (Å²) in [5, 5.41) is 20.5. The summed E-state index contributed by atoms with van der Waals surface area (Å²) in [6, 6.07) is 12.2. The van der Waals surface area contributed by atoms with Gasteiger partial charge in [-0.25, -0.2) is 9.78 Å². The molecule has 0 amide bonds. The maximum atomic E-state index is 12.9. The first kappa shape index (κ1) is 24.4. The monoisotopic (exact) mass is 594 g/mol. The number of aliphatic hydroxyl groups is 1. The summed E-state index contributed by atoms with van der Waals surface area (Å²) in [6.07, 6.45) is 3.05. The molecule has 2 aromatic carbocycles. The summed E-state index contributed by atoms with van der Waals surface area (Å²) < 4.78 is 7.73. The fourth-order valence-electron chi connectivity index (χ4n) is 3.82. The molecule has 0 aliphatic rings. The van der Waals surface area contributed by atoms with Crippen molar-refractivity contribution in [3.05, 3.63) is 73.6 Å². The third kappa shape index (κ3) is 5.01. The first-order valence-corrected chi connectivity index (χ1v) is 12.3. The molecule has 0 unspecified atom stereocenters. The van der Waals surface area contributed by atoms with Crippen molar-refractivity contribution >= 4 is 34.2 Å². The smallest absolute Gasteiger partial charge is 0.329 e. The van der Waals surface area contributed by atoms with Crippen molar-refractivity contribution in [2.45, 2.75) is 25.8 Å². The topological polar surface area (TPSA) is 116 Å². The van der Waals surface area contributed by atoms with Crippen LogP contribution in [0, 0.1) is 3.57 Å². The Kier molecular flexibility index (Phi) is 7.64. The Balaban J connectivity index is 1.69. The van der Waals surface area contributed by atoms with Crippen LogP contribution in [0.1, 0.15) is 31.6 Å². The molecule has 34 heavy (non-hydrogen) atoms. The predicted octanol–water partition coefficient (Wildman–Crippen LogP) is 4.96. The van der Waals surface area contributed by atoms with E-state index in [4.69, 9.17) is 21.4 Å². The Morgan fingerprint density at radius 3 is 2.65 bits per heavy atom. The van der Waals surface area contributed by atoms with Gasteiger partial charge in [0.1, 0.15) is 23.9 Å². The highest BCUT2D eigenvalue weighted by atomic mass is 127. The van der Waals surface area contributed by atoms with Gasteiger partial charge in [-0.2, -0.15) is 0 Å². The molecule has 4 rings (SSSR count). The number of aromatic hydroxyl groups is 1. The molecule has 0 aliphatic carbocycles. The number of nitrogens with one attached hydrogen (secondary N) is 2. The first-order valence-electron chi connectivity index (χ1n) is 10.8. The minimum atomic E-state index is -0.494. The molecule has 0 bridgehead atoms. The minimum Gasteiger partial charge on any atom is -0.493 e. The lowest BCUT2D eigenvalue weighted by Crippen LogP contribution is -2.23. The van der Waals surface area contributed by atoms with Gasteiger partial charge in [0.15, 0.2) is 0 Å². The van der Waals surface area contributed by atoms with E-state index >= 15 is 0 Å². The van der Waals surface area contributed by atoms with Crippen molar-refractivity contribution in [2.75, 3.05) is 13.2 Å². The van der Waals surface area contributed by atoms with Crippen LogP contribution in [-0.4, -0.2) is 42.9 Å². The van der Waals surface area contributed by atoms with E-state index in [2.05, 4.69) is 37.5 Å². The molecule has 2 aromatic heterocycles. The standard InChI is InChI=1S/C24H24ClIN4O4/c1-2-3-20(22-27-13-19(28-22)17-9-6-15(26)12-18(17)25)30-23(32)21(29-24(30)33)14-4-7-16(8-5-14)34-11-10-31/h4-9,12-13,20,31-32H,2-3,10-11H2,1H3,(H,27,28)(H,29,33)/t20-/m1/s1. The maximum Gasteiger partial charge on any atom is 0.329 e. The number of aromatic nitrogens is 4. The van der Waals surface area contributed by atoms with Gasteiger partial charge in [0.05, 0.1) is 29.6 Å². The number of aliphatic hydroxyl groups excluding tert-OH is 1. The quantitative estimate of drug-likeness (QED) is 0.205. The van der Waals surface area contributed by atoms with E-state index in [1.807, 2.05) is 25.1 Å². The Hall–Kier alpha value is -2.76. The second-order valence-electron chi connectivity index (χ2n) is 7.71. The molecular formula is C24H24ClIN4O4. The molecule has 4 N–H and O–H groups in total. The van der Waals surface area contributed by atoms with Gasteiger partial charge in [0.25, 0.3) is 0 Å². The number of hydrogen-bond acceptors (Lipinski definition) is 5. The zero-order valence-electron chi connectivity index (χ0n) is 18.4. The number of halogens is 2. The fourth-order valence-corrected chi connectivity index (χ4v) is 4.78. The Morgan fingerprint density at radius 1 is 1.21 bits per heavy atom. The van der Waals surface area contributed by atoms with Crippen molar-refractivity contribution in [3.8, 4) is 34.1 Å². The Labute approximate surface area is 214 Å². The summed E-state index contributed by atoms with van der Waals surface area (Å²) in [5.41, 5.74) is 2.06. The zero-order chi connectivity index (χ0) is 24.2. The number of benzene rings is 2. The Bertz CT molecular complexity index is 1330. The predicted molar refractivity (Wildman–Crippen MR) is 140 cm³/mol. The largest absolute Gasteiger partial charge is 0.493 e. The second-order valence-corrected chi connectivity index (χ2v) is 9.36. The van der Waals surface area contributed by atoms with Gasteiger partial charge in [0, 0.05) is 14.7 Å². The molecule has 0 saturated heterocycles. The van der Waals surface area contributed by atoms with E-state index in [-0.39, 0.29) is 19.1 Å². The van der Waals surface area contributed by atoms with E-state index in [1.165, 1.54) is 4.57 Å². The van der Waals surface area contributed by atoms with E-state index in [9.17, 15) is 9.90 Å². The lowest BCUT2D eigenvalue weighted by molar-refractivity contribution is 0.201. The summed E-state index contributed by atoms with van der Waals surface area (Å²) in [6.45, 7) is 2.12. The summed E-state index contributed by atoms with van der Waals surface area (Å²) in [4.78, 5) is 23.5. The second kappa shape index (κ2) is 10.7. The average molecular weight is 595 g/mol. The van der Waals surface area contributed by atoms with Gasteiger partial charge in [0.2, 0.25) is 5.88 Å². The van der Waals surface area contributed by atoms with Gasteiger partial charge >= 0.3 is 5.69 Å². The molecule has 0 aliphatic heterocycles. The number of aromatic amines is 2. The molecule has 0 radical (unpaired) electrons. The summed E-state index contributed by atoms with van der Waals surface area (Å²) >= 11 is 8.62. The third-order valence-electron chi connectivity index (χ3n) is 5.41. The highest BCUT2D eigenvalue weighted by Crippen LogP contribution is 2.34. The van der Waals surface area contributed by atoms with E-state index in [1.54, 1.807) is 30.5 Å². The molecule has 0 fully saturated rings. The number of nitrogens with zero attached hydrogens (tertiary/aromatic N) is 2. The van der Waals surface area contributed by atoms with E-state index in [0.717, 1.165) is 21.2 Å². The van der Waals surface area contributed by atoms with Crippen molar-refractivity contribution in [1.29, 1.82) is 0 Å². The van der Waals surface area contributed by atoms with Crippen LogP contribution in [0.5, 0.6) is 11.6 Å². The average Bonchev–Trinajstić information content (AvgIpc) is 3.41. The van der Waals surface area contributed by atoms with E-state index < -0.39 is 11.7 Å². The molecule has 0 saturated carbocycles. The molecule has 2 heterocycles. The van der Waals surface area contributed by atoms with Crippen LogP contribution >= 0.6 is 34.2 Å². The highest BCUT2D eigenvalue weighted by molar-refractivity contribution is 14.1. The number of rotatable bonds is 9. The van der Waals surface area contributed by atoms with Crippen molar-refractivity contribution < 1.29 is 14.9 Å². The van der Waals surface area contributed by atoms with Gasteiger partial charge < -0.3 is 24.9 Å². The van der Waals surface area contributed by atoms with Gasteiger partial charge in [-0.05, 0) is 65.4 Å². The Morgan fingerprint density at radius 2 is 1.97 bits per heavy atom. The van der Waals surface area contributed by atoms with Crippen LogP contribution in [0.4, 0.5) is 0 Å². The molecule has 0 spiro atoms. The zero-order valence-corrected chi connectivity index (χ0v) is 21.3. The number of hydrogen-bond donors (Lipinski definition) is 4. The molecule has 10 heteroatoms. The minimum absolute atomic E-state index is 0.0815. The van der Waals surface area contributed by atoms with Crippen molar-refractivity contribution in [1.82, 2.24) is 19.5 Å². The van der Waals surface area contributed by atoms with Crippen LogP contribution < -0.4 is 10.4 Å². The lowest BCUT2D eigenvalue weighted by atomic mass is 10.1. The number of H-pyrrole nitrogens is 2. The van der Waals surface area contributed by atoms with Gasteiger partial charge in [-0.3, -0.25) is 4.57 Å². The fraction of sp³-hybridized carbons (Fsp3) is 0.250. The lowest BCUT2D eigenvalue weighted by Gasteiger charge is -2.16. The van der Waals surface area contributed by atoms with Crippen molar-refractivity contribution in [2.24, 2.45) is 0 Å². The number of imidazole rings is 2. The molecule has 178 valence electrons. The highest BCUT2D eigenvalue weighted by Gasteiger charge is 2.25. The normalized spacial score (nSPS) is 12.1. The van der Waals surface area contributed by atoms with Crippen LogP contribution in [0.25, 0.3) is 22.5 Å². The number of ether oxygens (including phenoxy) is 1. The van der Waals surface area contributed by atoms with Gasteiger partial charge in [-0.15, -0.1) is 0 Å². The van der Waals surface area contributed by atoms with Crippen LogP contribution in [0.15, 0.2) is 53.5 Å². The third-order valence-corrected chi connectivity index (χ3v) is 6.40. The molecular weight excluding hydrogens is 571 g/mol. The van der Waals surface area contributed by atoms with Crippen LogP contribution in [-0.2, 0) is 0 Å². The van der Waals surface area contributed by atoms with Crippen LogP contribution in [0.2, 0.25) is 5.02 Å². The SMILES string of the molecule is CCC[C@H](c1ncc(-c2ccc(I)cc2Cl)[nH]1)n1c(O)c(-c2ccc(OCCO)cc2)[nH]c1=O. The summed E-state index contributed by atoms with van der Waals surface area (Å²) in [5.74, 6) is 0.972. The van der Waals surface area contributed by atoms with Gasteiger partial charge in [-0.1, -0.05) is 31.0 Å². The van der Waals surface area contributed by atoms with Crippen LogP contribution in [0.3, 0.4) is 0 Å². The van der Waals surface area contributed by atoms with Crippen molar-refractivity contribution in [3.63, 3.8) is 0 Å². The maximum absolute atomic E-state index is 12.9. The molecule has 1 atom stereocenters.